The molecule has 0 saturated heterocycles. The summed E-state index contributed by atoms with van der Waals surface area (Å²) in [5, 5.41) is 7.60. The number of carbonyl (C=O) groups excluding carboxylic acids is 4. The van der Waals surface area contributed by atoms with E-state index in [1.54, 1.807) is 65.8 Å². The maximum atomic E-state index is 12.1. The topological polar surface area (TPSA) is 154 Å². The van der Waals surface area contributed by atoms with Gasteiger partial charge in [0.25, 0.3) is 0 Å². The number of hydrogen-bond donors (Lipinski definition) is 3. The lowest BCUT2D eigenvalue weighted by molar-refractivity contribution is -0.132. The van der Waals surface area contributed by atoms with Gasteiger partial charge in [0, 0.05) is 26.1 Å². The van der Waals surface area contributed by atoms with E-state index in [0.717, 1.165) is 0 Å². The maximum absolute atomic E-state index is 12.1. The van der Waals surface area contributed by atoms with Gasteiger partial charge < -0.3 is 24.3 Å². The van der Waals surface area contributed by atoms with Crippen molar-refractivity contribution in [2.45, 2.75) is 72.5 Å². The second-order valence-corrected chi connectivity index (χ2v) is 10.3. The Kier molecular flexibility index (Phi) is 13.0. The number of carbonyl (C=O) groups is 4. The van der Waals surface area contributed by atoms with Gasteiger partial charge >= 0.3 is 18.2 Å². The molecule has 0 aliphatic heterocycles. The van der Waals surface area contributed by atoms with Gasteiger partial charge in [0.2, 0.25) is 11.9 Å². The Balaban J connectivity index is 2.59. The average molecular weight is 549 g/mol. The van der Waals surface area contributed by atoms with Gasteiger partial charge in [-0.1, -0.05) is 6.07 Å². The fraction of sp³-hybridized carbons (Fsp3) is 0.519. The normalized spacial score (nSPS) is 11.3. The zero-order valence-corrected chi connectivity index (χ0v) is 23.9. The number of guanidine groups is 1. The average Bonchev–Trinajstić information content (AvgIpc) is 2.77. The van der Waals surface area contributed by atoms with Crippen molar-refractivity contribution < 1.29 is 38.1 Å². The molecule has 1 rings (SSSR count). The number of esters is 1. The van der Waals surface area contributed by atoms with Gasteiger partial charge in [-0.25, -0.2) is 9.59 Å². The first-order chi connectivity index (χ1) is 18.1. The number of nitrogens with one attached hydrogen (secondary N) is 3. The molecule has 0 bridgehead atoms. The molecule has 12 nitrogen and oxygen atoms in total. The van der Waals surface area contributed by atoms with Crippen LogP contribution in [0.5, 0.6) is 11.5 Å². The van der Waals surface area contributed by atoms with Crippen molar-refractivity contribution in [3.05, 3.63) is 29.8 Å². The molecule has 216 valence electrons. The molecule has 0 aliphatic carbocycles. The molecule has 1 aromatic carbocycles. The zero-order valence-electron chi connectivity index (χ0n) is 23.9. The fourth-order valence-corrected chi connectivity index (χ4v) is 2.81. The Hall–Kier alpha value is -4.09. The number of aliphatic imine (C=N–C) groups is 1. The molecule has 0 aliphatic rings. The molecule has 39 heavy (non-hydrogen) atoms. The first kappa shape index (κ1) is 32.9. The number of amides is 3. The van der Waals surface area contributed by atoms with Crippen LogP contribution in [0.3, 0.4) is 0 Å². The third-order valence-electron chi connectivity index (χ3n) is 4.26. The third-order valence-corrected chi connectivity index (χ3v) is 4.26. The number of alkyl carbamates (subject to hydrolysis) is 2. The van der Waals surface area contributed by atoms with Gasteiger partial charge in [-0.3, -0.25) is 25.2 Å². The summed E-state index contributed by atoms with van der Waals surface area (Å²) in [6, 6.07) is 4.92. The summed E-state index contributed by atoms with van der Waals surface area (Å²) >= 11 is 0. The molecular weight excluding hydrogens is 508 g/mol. The predicted molar refractivity (Wildman–Crippen MR) is 147 cm³/mol. The number of unbranched alkanes of at least 4 members (excludes halogenated alkanes) is 1. The van der Waals surface area contributed by atoms with E-state index < -0.39 is 29.4 Å². The second kappa shape index (κ2) is 15.4. The SMILES string of the molecule is COc1cc(/C=C/C(=O)NCCCCN=C(NC(=O)OC(C)(C)C)NC(=O)OC(C)(C)C)ccc1OC(C)=O. The highest BCUT2D eigenvalue weighted by Crippen LogP contribution is 2.28. The molecular formula is C27H40N4O8. The predicted octanol–water partition coefficient (Wildman–Crippen LogP) is 3.94. The lowest BCUT2D eigenvalue weighted by atomic mass is 10.2. The van der Waals surface area contributed by atoms with E-state index in [4.69, 9.17) is 18.9 Å². The maximum Gasteiger partial charge on any atom is 0.414 e. The van der Waals surface area contributed by atoms with Crippen LogP contribution in [-0.2, 0) is 19.1 Å². The van der Waals surface area contributed by atoms with E-state index in [1.165, 1.54) is 20.1 Å². The van der Waals surface area contributed by atoms with Gasteiger partial charge in [-0.05, 0) is 78.2 Å². The van der Waals surface area contributed by atoms with E-state index in [0.29, 0.717) is 36.4 Å². The highest BCUT2D eigenvalue weighted by atomic mass is 16.6. The van der Waals surface area contributed by atoms with Gasteiger partial charge in [-0.15, -0.1) is 0 Å². The molecule has 0 saturated carbocycles. The van der Waals surface area contributed by atoms with Crippen molar-refractivity contribution in [3.8, 4) is 11.5 Å². The van der Waals surface area contributed by atoms with Crippen LogP contribution in [0.25, 0.3) is 6.08 Å². The Labute approximate surface area is 229 Å². The van der Waals surface area contributed by atoms with Crippen LogP contribution in [0.4, 0.5) is 9.59 Å². The smallest absolute Gasteiger partial charge is 0.414 e. The van der Waals surface area contributed by atoms with Crippen LogP contribution in [0.2, 0.25) is 0 Å². The highest BCUT2D eigenvalue weighted by Gasteiger charge is 2.21. The first-order valence-electron chi connectivity index (χ1n) is 12.4. The van der Waals surface area contributed by atoms with Crippen molar-refractivity contribution in [2.75, 3.05) is 20.2 Å². The molecule has 0 atom stereocenters. The van der Waals surface area contributed by atoms with Gasteiger partial charge in [-0.2, -0.15) is 0 Å². The summed E-state index contributed by atoms with van der Waals surface area (Å²) in [4.78, 5) is 51.8. The number of benzene rings is 1. The molecule has 0 radical (unpaired) electrons. The molecule has 12 heteroatoms. The lowest BCUT2D eigenvalue weighted by Crippen LogP contribution is -2.47. The van der Waals surface area contributed by atoms with Crippen molar-refractivity contribution in [3.63, 3.8) is 0 Å². The lowest BCUT2D eigenvalue weighted by Gasteiger charge is -2.22. The van der Waals surface area contributed by atoms with Gasteiger partial charge in [0.15, 0.2) is 11.5 Å². The molecule has 1 aromatic rings. The molecule has 0 fully saturated rings. The van der Waals surface area contributed by atoms with Crippen molar-refractivity contribution in [1.29, 1.82) is 0 Å². The summed E-state index contributed by atoms with van der Waals surface area (Å²) in [5.74, 6) is -0.187. The Morgan fingerprint density at radius 2 is 1.49 bits per heavy atom. The molecule has 0 heterocycles. The minimum absolute atomic E-state index is 0.0966. The number of ether oxygens (including phenoxy) is 4. The standard InChI is InChI=1S/C27H40N4O8/c1-18(32)37-20-13-11-19(17-21(20)36-8)12-14-22(33)28-15-9-10-16-29-23(30-24(34)38-26(2,3)4)31-25(35)39-27(5,6)7/h11-14,17H,9-10,15-16H2,1-8H3,(H,28,33)(H2,29,30,31,34,35)/b14-12+. The molecule has 3 amide bonds. The molecule has 0 spiro atoms. The molecule has 0 aromatic heterocycles. The van der Waals surface area contributed by atoms with Crippen LogP contribution in [0.1, 0.15) is 66.9 Å². The summed E-state index contributed by atoms with van der Waals surface area (Å²) < 4.78 is 20.7. The van der Waals surface area contributed by atoms with Crippen LogP contribution in [0, 0.1) is 0 Å². The van der Waals surface area contributed by atoms with Crippen molar-refractivity contribution in [1.82, 2.24) is 16.0 Å². The van der Waals surface area contributed by atoms with Crippen LogP contribution < -0.4 is 25.4 Å². The third kappa shape index (κ3) is 15.7. The Morgan fingerprint density at radius 1 is 0.897 bits per heavy atom. The number of nitrogens with zero attached hydrogens (tertiary/aromatic N) is 1. The van der Waals surface area contributed by atoms with Crippen LogP contribution >= 0.6 is 0 Å². The fourth-order valence-electron chi connectivity index (χ4n) is 2.81. The highest BCUT2D eigenvalue weighted by molar-refractivity contribution is 6.01. The van der Waals surface area contributed by atoms with E-state index in [-0.39, 0.29) is 18.4 Å². The quantitative estimate of drug-likeness (QED) is 0.105. The van der Waals surface area contributed by atoms with Crippen molar-refractivity contribution in [2.24, 2.45) is 4.99 Å². The van der Waals surface area contributed by atoms with Gasteiger partial charge in [0.05, 0.1) is 7.11 Å². The summed E-state index contributed by atoms with van der Waals surface area (Å²) in [7, 11) is 1.46. The van der Waals surface area contributed by atoms with Crippen LogP contribution in [-0.4, -0.2) is 61.4 Å². The first-order valence-corrected chi connectivity index (χ1v) is 12.4. The van der Waals surface area contributed by atoms with Crippen LogP contribution in [0.15, 0.2) is 29.3 Å². The molecule has 3 N–H and O–H groups in total. The number of rotatable bonds is 9. The van der Waals surface area contributed by atoms with Gasteiger partial charge in [0.1, 0.15) is 11.2 Å². The summed E-state index contributed by atoms with van der Waals surface area (Å²) in [6.45, 7) is 12.2. The monoisotopic (exact) mass is 548 g/mol. The molecule has 0 unspecified atom stereocenters. The number of methoxy groups -OCH3 is 1. The number of hydrogen-bond acceptors (Lipinski definition) is 9. The largest absolute Gasteiger partial charge is 0.493 e. The summed E-state index contributed by atoms with van der Waals surface area (Å²) in [6.07, 6.45) is 2.61. The van der Waals surface area contributed by atoms with E-state index in [1.807, 2.05) is 0 Å². The minimum atomic E-state index is -0.769. The Morgan fingerprint density at radius 3 is 2.00 bits per heavy atom. The van der Waals surface area contributed by atoms with E-state index >= 15 is 0 Å². The second-order valence-electron chi connectivity index (χ2n) is 10.3. The minimum Gasteiger partial charge on any atom is -0.493 e. The van der Waals surface area contributed by atoms with Crippen molar-refractivity contribution >= 4 is 36.1 Å². The van der Waals surface area contributed by atoms with E-state index in [9.17, 15) is 19.2 Å². The Bertz CT molecular complexity index is 1040. The zero-order chi connectivity index (χ0) is 29.6. The van der Waals surface area contributed by atoms with E-state index in [2.05, 4.69) is 20.9 Å². The summed E-state index contributed by atoms with van der Waals surface area (Å²) in [5.41, 5.74) is -0.768.